The second kappa shape index (κ2) is 22.4. The molecule has 2 heterocycles. The number of unbranched alkanes of at least 4 members (excludes halogenated alkanes) is 9. The van der Waals surface area contributed by atoms with Gasteiger partial charge in [-0.2, -0.15) is 0 Å². The van der Waals surface area contributed by atoms with E-state index in [9.17, 15) is 0 Å². The van der Waals surface area contributed by atoms with Crippen LogP contribution >= 0.6 is 0 Å². The quantitative estimate of drug-likeness (QED) is 0.161. The van der Waals surface area contributed by atoms with Gasteiger partial charge in [0.25, 0.3) is 0 Å². The molecule has 0 bridgehead atoms. The van der Waals surface area contributed by atoms with Crippen LogP contribution in [0, 0.1) is 0 Å². The molecule has 34 heavy (non-hydrogen) atoms. The first kappa shape index (κ1) is 32.9. The van der Waals surface area contributed by atoms with E-state index < -0.39 is 0 Å². The molecule has 2 aromatic heterocycles. The number of aromatic nitrogens is 4. The van der Waals surface area contributed by atoms with E-state index in [1.165, 1.54) is 64.2 Å². The van der Waals surface area contributed by atoms with Gasteiger partial charge in [0, 0.05) is 0 Å². The number of hydrogen-bond acceptors (Lipinski definition) is 2. The smallest absolute Gasteiger partial charge is 0.245 e. The molecule has 2 rings (SSSR count). The van der Waals surface area contributed by atoms with Crippen LogP contribution in [0.25, 0.3) is 0 Å². The molecular formula is C26H48Cl2N4O2. The zero-order chi connectivity index (χ0) is 22.7. The van der Waals surface area contributed by atoms with Gasteiger partial charge in [-0.25, -0.2) is 18.3 Å². The van der Waals surface area contributed by atoms with Crippen molar-refractivity contribution >= 4 is 0 Å². The lowest BCUT2D eigenvalue weighted by molar-refractivity contribution is -0.733. The Morgan fingerprint density at radius 1 is 0.559 bits per heavy atom. The second-order valence-electron chi connectivity index (χ2n) is 8.94. The molecule has 0 N–H and O–H groups in total. The molecule has 8 heteroatoms. The zero-order valence-electron chi connectivity index (χ0n) is 21.6. The van der Waals surface area contributed by atoms with E-state index in [1.807, 2.05) is 0 Å². The highest BCUT2D eigenvalue weighted by Gasteiger charge is 2.05. The van der Waals surface area contributed by atoms with Gasteiger partial charge in [-0.3, -0.25) is 0 Å². The third-order valence-electron chi connectivity index (χ3n) is 5.84. The minimum absolute atomic E-state index is 0. The molecule has 198 valence electrons. The maximum absolute atomic E-state index is 5.81. The SMILES string of the molecule is CCCCCCCn1cc[n+](COCCCCOC[n+]2ccn(CCCCCCC)c2)c1.[Cl-].[Cl-]. The van der Waals surface area contributed by atoms with E-state index >= 15 is 0 Å². The van der Waals surface area contributed by atoms with E-state index in [0.29, 0.717) is 13.5 Å². The van der Waals surface area contributed by atoms with Crippen LogP contribution in [0.5, 0.6) is 0 Å². The fraction of sp³-hybridized carbons (Fsp3) is 0.769. The molecule has 0 spiro atoms. The summed E-state index contributed by atoms with van der Waals surface area (Å²) in [6.07, 6.45) is 28.1. The Bertz CT molecular complexity index is 636. The maximum Gasteiger partial charge on any atom is 0.245 e. The van der Waals surface area contributed by atoms with Crippen molar-refractivity contribution in [3.8, 4) is 0 Å². The van der Waals surface area contributed by atoms with E-state index in [4.69, 9.17) is 9.47 Å². The molecule has 0 aliphatic rings. The predicted octanol–water partition coefficient (Wildman–Crippen LogP) is -0.758. The Kier molecular flexibility index (Phi) is 21.7. The van der Waals surface area contributed by atoms with Crippen LogP contribution < -0.4 is 33.9 Å². The highest BCUT2D eigenvalue weighted by molar-refractivity contribution is 4.66. The van der Waals surface area contributed by atoms with E-state index in [1.54, 1.807) is 0 Å². The topological polar surface area (TPSA) is 36.1 Å². The van der Waals surface area contributed by atoms with E-state index in [0.717, 1.165) is 39.1 Å². The van der Waals surface area contributed by atoms with Gasteiger partial charge < -0.3 is 34.3 Å². The van der Waals surface area contributed by atoms with Crippen molar-refractivity contribution in [2.24, 2.45) is 0 Å². The summed E-state index contributed by atoms with van der Waals surface area (Å²) in [6.45, 7) is 9.55. The number of halogens is 2. The summed E-state index contributed by atoms with van der Waals surface area (Å²) in [5.41, 5.74) is 0. The van der Waals surface area contributed by atoms with Crippen LogP contribution in [0.15, 0.2) is 37.4 Å². The van der Waals surface area contributed by atoms with Gasteiger partial charge in [-0.05, 0) is 38.5 Å². The van der Waals surface area contributed by atoms with Crippen LogP contribution in [0.2, 0.25) is 0 Å². The molecule has 0 aliphatic carbocycles. The minimum atomic E-state index is 0. The van der Waals surface area contributed by atoms with Crippen LogP contribution in [0.3, 0.4) is 0 Å². The molecule has 0 aromatic carbocycles. The summed E-state index contributed by atoms with van der Waals surface area (Å²) in [6, 6.07) is 0. The van der Waals surface area contributed by atoms with Crippen molar-refractivity contribution in [1.82, 2.24) is 9.13 Å². The van der Waals surface area contributed by atoms with Crippen molar-refractivity contribution in [3.63, 3.8) is 0 Å². The van der Waals surface area contributed by atoms with Crippen molar-refractivity contribution < 1.29 is 43.4 Å². The molecule has 2 aromatic rings. The molecule has 0 radical (unpaired) electrons. The predicted molar refractivity (Wildman–Crippen MR) is 128 cm³/mol. The van der Waals surface area contributed by atoms with Crippen LogP contribution in [0.4, 0.5) is 0 Å². The van der Waals surface area contributed by atoms with E-state index in [2.05, 4.69) is 69.6 Å². The van der Waals surface area contributed by atoms with E-state index in [-0.39, 0.29) is 24.8 Å². The summed E-state index contributed by atoms with van der Waals surface area (Å²) in [5.74, 6) is 0. The number of aryl methyl sites for hydroxylation is 2. The van der Waals surface area contributed by atoms with Crippen molar-refractivity contribution in [2.75, 3.05) is 13.2 Å². The van der Waals surface area contributed by atoms with Gasteiger partial charge >= 0.3 is 0 Å². The fourth-order valence-corrected chi connectivity index (χ4v) is 3.84. The van der Waals surface area contributed by atoms with Crippen LogP contribution in [-0.4, -0.2) is 22.3 Å². The van der Waals surface area contributed by atoms with Crippen LogP contribution in [-0.2, 0) is 36.0 Å². The molecule has 0 saturated heterocycles. The Balaban J connectivity index is 0.00000544. The summed E-state index contributed by atoms with van der Waals surface area (Å²) in [4.78, 5) is 0. The zero-order valence-corrected chi connectivity index (χ0v) is 23.1. The molecular weight excluding hydrogens is 471 g/mol. The Morgan fingerprint density at radius 2 is 0.971 bits per heavy atom. The number of hydrogen-bond donors (Lipinski definition) is 0. The Labute approximate surface area is 220 Å². The lowest BCUT2D eigenvalue weighted by Gasteiger charge is -2.03. The number of ether oxygens (including phenoxy) is 2. The monoisotopic (exact) mass is 518 g/mol. The second-order valence-corrected chi connectivity index (χ2v) is 8.94. The molecule has 0 saturated carbocycles. The normalized spacial score (nSPS) is 10.8. The molecule has 0 aliphatic heterocycles. The van der Waals surface area contributed by atoms with Gasteiger partial charge in [0.1, 0.15) is 24.8 Å². The summed E-state index contributed by atoms with van der Waals surface area (Å²) in [5, 5.41) is 0. The minimum Gasteiger partial charge on any atom is -1.00 e. The van der Waals surface area contributed by atoms with Crippen LogP contribution in [0.1, 0.15) is 90.9 Å². The summed E-state index contributed by atoms with van der Waals surface area (Å²) in [7, 11) is 0. The first-order valence-electron chi connectivity index (χ1n) is 13.1. The van der Waals surface area contributed by atoms with Gasteiger partial charge in [-0.1, -0.05) is 52.4 Å². The van der Waals surface area contributed by atoms with Crippen molar-refractivity contribution in [3.05, 3.63) is 37.4 Å². The third-order valence-corrected chi connectivity index (χ3v) is 5.84. The van der Waals surface area contributed by atoms with Crippen molar-refractivity contribution in [1.29, 1.82) is 0 Å². The van der Waals surface area contributed by atoms with Gasteiger partial charge in [0.15, 0.2) is 13.5 Å². The van der Waals surface area contributed by atoms with Gasteiger partial charge in [0.2, 0.25) is 12.7 Å². The standard InChI is InChI=1S/C26H48N4O2.2ClH/c1-3-5-7-9-11-15-27-17-19-29(23-27)25-31-21-13-14-22-32-26-30-20-18-28(24-30)16-12-10-8-6-4-2;;/h17-20,23-24H,3-16,21-22,25-26H2,1-2H3;2*1H/q+2;;/p-2. The highest BCUT2D eigenvalue weighted by atomic mass is 35.5. The lowest BCUT2D eigenvalue weighted by atomic mass is 10.1. The molecule has 0 fully saturated rings. The number of rotatable bonds is 21. The fourth-order valence-electron chi connectivity index (χ4n) is 3.84. The summed E-state index contributed by atoms with van der Waals surface area (Å²) >= 11 is 0. The van der Waals surface area contributed by atoms with Crippen molar-refractivity contribution in [2.45, 2.75) is 117 Å². The molecule has 0 atom stereocenters. The van der Waals surface area contributed by atoms with Gasteiger partial charge in [0.05, 0.1) is 26.3 Å². The number of imidazole rings is 2. The Morgan fingerprint density at radius 3 is 1.38 bits per heavy atom. The Hall–Kier alpha value is -1.08. The van der Waals surface area contributed by atoms with Gasteiger partial charge in [-0.15, -0.1) is 0 Å². The maximum atomic E-state index is 5.81. The largest absolute Gasteiger partial charge is 1.00 e. The molecule has 0 amide bonds. The first-order chi connectivity index (χ1) is 15.8. The third kappa shape index (κ3) is 15.8. The average molecular weight is 520 g/mol. The molecule has 6 nitrogen and oxygen atoms in total. The first-order valence-corrected chi connectivity index (χ1v) is 13.1. The number of nitrogens with zero attached hydrogens (tertiary/aromatic N) is 4. The lowest BCUT2D eigenvalue weighted by Crippen LogP contribution is -3.00. The average Bonchev–Trinajstić information content (AvgIpc) is 3.45. The molecule has 0 unspecified atom stereocenters. The summed E-state index contributed by atoms with van der Waals surface area (Å²) < 4.78 is 20.4. The highest BCUT2D eigenvalue weighted by Crippen LogP contribution is 2.04.